The third-order valence-electron chi connectivity index (χ3n) is 7.82. The van der Waals surface area contributed by atoms with Gasteiger partial charge in [-0.15, -0.1) is 0 Å². The average Bonchev–Trinajstić information content (AvgIpc) is 2.95. The fraction of sp³-hybridized carbons (Fsp3) is 0.857. The summed E-state index contributed by atoms with van der Waals surface area (Å²) in [6.07, 6.45) is 16.5. The quantitative estimate of drug-likeness (QED) is 0.210. The van der Waals surface area contributed by atoms with E-state index in [0.717, 1.165) is 64.3 Å². The van der Waals surface area contributed by atoms with E-state index in [1.807, 2.05) is 0 Å². The summed E-state index contributed by atoms with van der Waals surface area (Å²) in [7, 11) is 1.30. The van der Waals surface area contributed by atoms with Gasteiger partial charge in [-0.25, -0.2) is 0 Å². The Bertz CT molecular complexity index is 783. The lowest BCUT2D eigenvalue weighted by Crippen LogP contribution is -2.61. The van der Waals surface area contributed by atoms with Gasteiger partial charge < -0.3 is 21.1 Å². The van der Waals surface area contributed by atoms with Gasteiger partial charge in [-0.2, -0.15) is 0 Å². The zero-order valence-corrected chi connectivity index (χ0v) is 24.5. The molecule has 0 aromatic rings. The molecule has 1 saturated heterocycles. The first kappa shape index (κ1) is 35.6. The van der Waals surface area contributed by atoms with Crippen molar-refractivity contribution in [3.05, 3.63) is 10.1 Å². The van der Waals surface area contributed by atoms with Gasteiger partial charge in [-0.1, -0.05) is 44.9 Å². The predicted octanol–water partition coefficient (Wildman–Crippen LogP) is 2.19. The molecule has 1 aliphatic heterocycles. The Morgan fingerprint density at radius 2 is 1.52 bits per heavy atom. The lowest BCUT2D eigenvalue weighted by molar-refractivity contribution is -0.492. The predicted molar refractivity (Wildman–Crippen MR) is 152 cm³/mol. The van der Waals surface area contributed by atoms with E-state index in [4.69, 9.17) is 5.73 Å². The molecule has 40 heavy (non-hydrogen) atoms. The Hall–Kier alpha value is -2.44. The summed E-state index contributed by atoms with van der Waals surface area (Å²) in [6, 6.07) is 0. The molecule has 0 aromatic carbocycles. The van der Waals surface area contributed by atoms with Crippen molar-refractivity contribution in [2.75, 3.05) is 39.8 Å². The Labute approximate surface area is 238 Å². The van der Waals surface area contributed by atoms with Crippen molar-refractivity contribution in [3.63, 3.8) is 0 Å². The molecule has 4 aliphatic rings. The van der Waals surface area contributed by atoms with E-state index >= 15 is 0 Å². The fourth-order valence-corrected chi connectivity index (χ4v) is 5.45. The monoisotopic (exact) mass is 569 g/mol. The van der Waals surface area contributed by atoms with Crippen molar-refractivity contribution < 1.29 is 28.8 Å². The first-order valence-electron chi connectivity index (χ1n) is 14.7. The molecule has 1 heterocycles. The average molecular weight is 570 g/mol. The Balaban J connectivity index is 0.000000285. The van der Waals surface area contributed by atoms with Crippen LogP contribution in [-0.2, 0) is 23.9 Å². The van der Waals surface area contributed by atoms with Crippen molar-refractivity contribution in [2.24, 2.45) is 5.73 Å². The van der Waals surface area contributed by atoms with E-state index in [-0.39, 0.29) is 47.8 Å². The third kappa shape index (κ3) is 15.4. The first-order chi connectivity index (χ1) is 19.1. The summed E-state index contributed by atoms with van der Waals surface area (Å²) in [5.41, 5.74) is 4.63. The van der Waals surface area contributed by atoms with E-state index in [0.29, 0.717) is 12.3 Å². The summed E-state index contributed by atoms with van der Waals surface area (Å²) in [5, 5.41) is 20.0. The van der Waals surface area contributed by atoms with Crippen LogP contribution >= 0.6 is 0 Å². The molecule has 12 heteroatoms. The molecular formula is C28H51N5O7. The number of nitrogens with one attached hydrogen (secondary N) is 3. The number of nitrogens with zero attached hydrogens (tertiary/aromatic N) is 1. The molecule has 1 amide bonds. The molecule has 3 aliphatic carbocycles. The highest BCUT2D eigenvalue weighted by atomic mass is 16.6. The summed E-state index contributed by atoms with van der Waals surface area (Å²) in [6.45, 7) is 2.99. The second kappa shape index (κ2) is 19.6. The van der Waals surface area contributed by atoms with Gasteiger partial charge in [0, 0.05) is 29.8 Å². The number of methoxy groups -OCH3 is 1. The highest BCUT2D eigenvalue weighted by Crippen LogP contribution is 2.29. The molecule has 0 atom stereocenters. The van der Waals surface area contributed by atoms with Crippen LogP contribution in [0.25, 0.3) is 0 Å². The lowest BCUT2D eigenvalue weighted by Gasteiger charge is -2.41. The van der Waals surface area contributed by atoms with Crippen LogP contribution in [0.4, 0.5) is 0 Å². The second-order valence-corrected chi connectivity index (χ2v) is 11.2. The van der Waals surface area contributed by atoms with Crippen LogP contribution in [0.1, 0.15) is 103 Å². The molecule has 0 aromatic heterocycles. The fourth-order valence-electron chi connectivity index (χ4n) is 5.45. The molecule has 0 radical (unpaired) electrons. The first-order valence-corrected chi connectivity index (χ1v) is 14.7. The van der Waals surface area contributed by atoms with E-state index in [1.165, 1.54) is 52.6 Å². The molecule has 0 unspecified atom stereocenters. The Morgan fingerprint density at radius 3 is 1.90 bits per heavy atom. The maximum Gasteiger partial charge on any atom is 0.319 e. The summed E-state index contributed by atoms with van der Waals surface area (Å²) in [5.74, 6) is 0.260. The van der Waals surface area contributed by atoms with Crippen molar-refractivity contribution >= 4 is 23.4 Å². The minimum absolute atomic E-state index is 0.0308. The number of rotatable bonds is 6. The summed E-state index contributed by atoms with van der Waals surface area (Å²) < 4.78 is 4.14. The zero-order chi connectivity index (χ0) is 29.9. The number of esters is 1. The van der Waals surface area contributed by atoms with E-state index < -0.39 is 5.54 Å². The number of hydrogen-bond acceptors (Lipinski definition) is 10. The normalized spacial score (nSPS) is 21.1. The van der Waals surface area contributed by atoms with Gasteiger partial charge in [0.2, 0.25) is 12.5 Å². The lowest BCUT2D eigenvalue weighted by atomic mass is 9.80. The third-order valence-corrected chi connectivity index (χ3v) is 7.82. The smallest absolute Gasteiger partial charge is 0.319 e. The van der Waals surface area contributed by atoms with Gasteiger partial charge in [0.15, 0.2) is 0 Å². The van der Waals surface area contributed by atoms with Crippen LogP contribution in [0.5, 0.6) is 0 Å². The number of ketones is 2. The maximum atomic E-state index is 10.9. The Morgan fingerprint density at radius 1 is 0.975 bits per heavy atom. The van der Waals surface area contributed by atoms with Crippen molar-refractivity contribution in [2.45, 2.75) is 114 Å². The number of ether oxygens (including phenoxy) is 1. The molecule has 1 spiro atoms. The minimum atomic E-state index is -0.437. The molecule has 12 nitrogen and oxygen atoms in total. The SMILES string of the molecule is CC(=O)CNC1(C[N+](=O)[O-])CCCCC1.COC(=O)CN.O=C1CCCCC1.O=C1CNC2(CCCCC2)CN1. The van der Waals surface area contributed by atoms with Gasteiger partial charge in [0.25, 0.3) is 0 Å². The highest BCUT2D eigenvalue weighted by Gasteiger charge is 2.37. The van der Waals surface area contributed by atoms with Gasteiger partial charge in [0.05, 0.1) is 32.3 Å². The van der Waals surface area contributed by atoms with E-state index in [1.54, 1.807) is 0 Å². The van der Waals surface area contributed by atoms with Gasteiger partial charge >= 0.3 is 5.97 Å². The minimum Gasteiger partial charge on any atom is -0.468 e. The van der Waals surface area contributed by atoms with Crippen LogP contribution in [0, 0.1) is 10.1 Å². The molecule has 0 bridgehead atoms. The van der Waals surface area contributed by atoms with Crippen LogP contribution in [-0.4, -0.2) is 79.3 Å². The number of carbonyl (C=O) groups excluding carboxylic acids is 4. The van der Waals surface area contributed by atoms with Gasteiger partial charge in [-0.05, 0) is 45.4 Å². The number of piperazine rings is 1. The summed E-state index contributed by atoms with van der Waals surface area (Å²) in [4.78, 5) is 52.4. The standard InChI is InChI=1S/C10H18N2O3.C9H16N2O.C6H10O.C3H7NO2/c1-9(13)7-11-10(8-12(14)15)5-3-2-4-6-10;12-8-6-11-9(7-10-8)4-2-1-3-5-9;7-6-4-2-1-3-5-6;1-6-3(5)2-4/h11H,2-8H2,1H3;11H,1-7H2,(H,10,12);1-5H2;2,4H2,1H3. The maximum absolute atomic E-state index is 10.9. The van der Waals surface area contributed by atoms with Crippen LogP contribution in [0.3, 0.4) is 0 Å². The number of Topliss-reactive ketones (excluding diaryl/α,β-unsaturated/α-hetero) is 2. The number of nitrogens with two attached hydrogens (primary N) is 1. The van der Waals surface area contributed by atoms with Crippen LogP contribution in [0.2, 0.25) is 0 Å². The van der Waals surface area contributed by atoms with Gasteiger partial charge in [-0.3, -0.25) is 34.6 Å². The van der Waals surface area contributed by atoms with Gasteiger partial charge in [0.1, 0.15) is 11.6 Å². The van der Waals surface area contributed by atoms with E-state index in [2.05, 4.69) is 20.7 Å². The topological polar surface area (TPSA) is 183 Å². The largest absolute Gasteiger partial charge is 0.468 e. The summed E-state index contributed by atoms with van der Waals surface area (Å²) >= 11 is 0. The number of amides is 1. The molecule has 4 fully saturated rings. The highest BCUT2D eigenvalue weighted by molar-refractivity contribution is 5.79. The van der Waals surface area contributed by atoms with Crippen LogP contribution in [0.15, 0.2) is 0 Å². The second-order valence-electron chi connectivity index (χ2n) is 11.2. The number of nitro groups is 1. The van der Waals surface area contributed by atoms with Crippen LogP contribution < -0.4 is 21.7 Å². The molecular weight excluding hydrogens is 518 g/mol. The van der Waals surface area contributed by atoms with E-state index in [9.17, 15) is 29.3 Å². The Kier molecular flexibility index (Phi) is 17.4. The molecule has 5 N–H and O–H groups in total. The van der Waals surface area contributed by atoms with Crippen molar-refractivity contribution in [3.8, 4) is 0 Å². The number of hydrogen-bond donors (Lipinski definition) is 4. The molecule has 230 valence electrons. The zero-order valence-electron chi connectivity index (χ0n) is 24.5. The number of carbonyl (C=O) groups is 4. The van der Waals surface area contributed by atoms with Crippen molar-refractivity contribution in [1.82, 2.24) is 16.0 Å². The molecule has 3 saturated carbocycles. The van der Waals surface area contributed by atoms with Crippen molar-refractivity contribution in [1.29, 1.82) is 0 Å². The molecule has 4 rings (SSSR count).